The number of methoxy groups -OCH3 is 1. The van der Waals surface area contributed by atoms with Gasteiger partial charge in [0.2, 0.25) is 0 Å². The van der Waals surface area contributed by atoms with E-state index in [9.17, 15) is 14.3 Å². The molecule has 3 N–H and O–H groups in total. The number of ether oxygens (including phenoxy) is 1. The summed E-state index contributed by atoms with van der Waals surface area (Å²) in [6.07, 6.45) is -0.802. The summed E-state index contributed by atoms with van der Waals surface area (Å²) in [4.78, 5) is 11.4. The molecule has 0 aromatic heterocycles. The van der Waals surface area contributed by atoms with Crippen LogP contribution < -0.4 is 10.6 Å². The zero-order valence-corrected chi connectivity index (χ0v) is 10.5. The molecule has 7 heteroatoms. The quantitative estimate of drug-likeness (QED) is 0.765. The largest absolute Gasteiger partial charge is 0.389 e. The summed E-state index contributed by atoms with van der Waals surface area (Å²) in [6.45, 7) is 0.133. The zero-order valence-electron chi connectivity index (χ0n) is 9.74. The number of hydrogen-bond acceptors (Lipinski definition) is 3. The Kier molecular flexibility index (Phi) is 5.84. The van der Waals surface area contributed by atoms with Crippen LogP contribution in [0.5, 0.6) is 0 Å². The van der Waals surface area contributed by atoms with Crippen molar-refractivity contribution < 1.29 is 19.0 Å². The molecule has 18 heavy (non-hydrogen) atoms. The maximum atomic E-state index is 12.9. The van der Waals surface area contributed by atoms with Gasteiger partial charge in [-0.3, -0.25) is 0 Å². The smallest absolute Gasteiger partial charge is 0.319 e. The molecule has 0 aliphatic rings. The van der Waals surface area contributed by atoms with Crippen molar-refractivity contribution in [1.82, 2.24) is 5.32 Å². The molecule has 1 rings (SSSR count). The average molecular weight is 277 g/mol. The fraction of sp³-hybridized carbons (Fsp3) is 0.364. The minimum Gasteiger partial charge on any atom is -0.389 e. The highest BCUT2D eigenvalue weighted by atomic mass is 35.5. The normalized spacial score (nSPS) is 12.0. The number of rotatable bonds is 5. The molecule has 0 spiro atoms. The van der Waals surface area contributed by atoms with Crippen LogP contribution in [0, 0.1) is 5.82 Å². The summed E-state index contributed by atoms with van der Waals surface area (Å²) >= 11 is 5.77. The van der Waals surface area contributed by atoms with E-state index < -0.39 is 18.0 Å². The van der Waals surface area contributed by atoms with Crippen molar-refractivity contribution in [1.29, 1.82) is 0 Å². The predicted octanol–water partition coefficient (Wildman–Crippen LogP) is 1.61. The lowest BCUT2D eigenvalue weighted by molar-refractivity contribution is 0.0663. The molecule has 1 aromatic rings. The molecule has 1 aromatic carbocycles. The molecule has 5 nitrogen and oxygen atoms in total. The second kappa shape index (κ2) is 7.15. The Morgan fingerprint density at radius 3 is 3.00 bits per heavy atom. The number of aliphatic hydroxyl groups excluding tert-OH is 1. The number of carbonyl (C=O) groups excluding carboxylic acids is 1. The summed E-state index contributed by atoms with van der Waals surface area (Å²) in [6, 6.07) is 3.05. The van der Waals surface area contributed by atoms with Crippen LogP contribution in [0.4, 0.5) is 14.9 Å². The topological polar surface area (TPSA) is 70.6 Å². The molecule has 0 radical (unpaired) electrons. The first kappa shape index (κ1) is 14.7. The predicted molar refractivity (Wildman–Crippen MR) is 66.3 cm³/mol. The van der Waals surface area contributed by atoms with Gasteiger partial charge in [-0.1, -0.05) is 11.6 Å². The number of benzene rings is 1. The van der Waals surface area contributed by atoms with Gasteiger partial charge in [0.15, 0.2) is 0 Å². The van der Waals surface area contributed by atoms with Gasteiger partial charge in [-0.2, -0.15) is 0 Å². The summed E-state index contributed by atoms with van der Waals surface area (Å²) in [7, 11) is 1.44. The molecular weight excluding hydrogens is 263 g/mol. The van der Waals surface area contributed by atoms with E-state index in [0.29, 0.717) is 0 Å². The van der Waals surface area contributed by atoms with Crippen LogP contribution in [0.3, 0.4) is 0 Å². The second-order valence-electron chi connectivity index (χ2n) is 3.57. The number of carbonyl (C=O) groups is 1. The molecule has 0 aliphatic heterocycles. The van der Waals surface area contributed by atoms with Crippen LogP contribution in [0.15, 0.2) is 18.2 Å². The van der Waals surface area contributed by atoms with E-state index in [-0.39, 0.29) is 23.9 Å². The summed E-state index contributed by atoms with van der Waals surface area (Å²) < 4.78 is 17.6. The van der Waals surface area contributed by atoms with E-state index in [1.165, 1.54) is 19.2 Å². The SMILES string of the molecule is COCC(O)CNC(=O)Nc1cc(F)ccc1Cl. The summed E-state index contributed by atoms with van der Waals surface area (Å²) in [5, 5.41) is 14.3. The van der Waals surface area contributed by atoms with Gasteiger partial charge < -0.3 is 20.5 Å². The molecule has 1 atom stereocenters. The van der Waals surface area contributed by atoms with Crippen LogP contribution in [0.25, 0.3) is 0 Å². The molecule has 0 saturated heterocycles. The van der Waals surface area contributed by atoms with E-state index in [1.807, 2.05) is 0 Å². The second-order valence-corrected chi connectivity index (χ2v) is 3.98. The van der Waals surface area contributed by atoms with Crippen LogP contribution >= 0.6 is 11.6 Å². The Morgan fingerprint density at radius 1 is 1.61 bits per heavy atom. The van der Waals surface area contributed by atoms with Crippen molar-refractivity contribution in [3.63, 3.8) is 0 Å². The molecular formula is C11H14ClFN2O3. The number of halogens is 2. The first-order chi connectivity index (χ1) is 8.52. The Morgan fingerprint density at radius 2 is 2.33 bits per heavy atom. The van der Waals surface area contributed by atoms with Crippen molar-refractivity contribution >= 4 is 23.3 Å². The average Bonchev–Trinajstić information content (AvgIpc) is 2.32. The zero-order chi connectivity index (χ0) is 13.5. The van der Waals surface area contributed by atoms with Crippen molar-refractivity contribution in [2.45, 2.75) is 6.10 Å². The van der Waals surface area contributed by atoms with E-state index in [0.717, 1.165) is 6.07 Å². The Balaban J connectivity index is 2.47. The van der Waals surface area contributed by atoms with E-state index in [4.69, 9.17) is 16.3 Å². The fourth-order valence-electron chi connectivity index (χ4n) is 1.22. The molecule has 0 saturated carbocycles. The first-order valence-corrected chi connectivity index (χ1v) is 5.57. The highest BCUT2D eigenvalue weighted by molar-refractivity contribution is 6.33. The third-order valence-electron chi connectivity index (χ3n) is 2.03. The number of aliphatic hydroxyl groups is 1. The van der Waals surface area contributed by atoms with Crippen LogP contribution in [0.1, 0.15) is 0 Å². The van der Waals surface area contributed by atoms with Gasteiger partial charge in [-0.05, 0) is 18.2 Å². The monoisotopic (exact) mass is 276 g/mol. The number of nitrogens with one attached hydrogen (secondary N) is 2. The molecule has 0 aliphatic carbocycles. The fourth-order valence-corrected chi connectivity index (χ4v) is 1.39. The molecule has 100 valence electrons. The van der Waals surface area contributed by atoms with Crippen LogP contribution in [0.2, 0.25) is 5.02 Å². The van der Waals surface area contributed by atoms with Crippen LogP contribution in [-0.2, 0) is 4.74 Å². The molecule has 0 bridgehead atoms. The lowest BCUT2D eigenvalue weighted by Gasteiger charge is -2.12. The summed E-state index contributed by atoms with van der Waals surface area (Å²) in [5.41, 5.74) is 0.162. The maximum Gasteiger partial charge on any atom is 0.319 e. The third kappa shape index (κ3) is 4.87. The minimum atomic E-state index is -0.802. The number of amides is 2. The van der Waals surface area contributed by atoms with E-state index in [1.54, 1.807) is 0 Å². The highest BCUT2D eigenvalue weighted by Gasteiger charge is 2.09. The van der Waals surface area contributed by atoms with E-state index >= 15 is 0 Å². The van der Waals surface area contributed by atoms with Crippen molar-refractivity contribution in [3.05, 3.63) is 29.0 Å². The standard InChI is InChI=1S/C11H14ClFN2O3/c1-18-6-8(16)5-14-11(17)15-10-4-7(13)2-3-9(10)12/h2-4,8,16H,5-6H2,1H3,(H2,14,15,17). The third-order valence-corrected chi connectivity index (χ3v) is 2.36. The molecule has 1 unspecified atom stereocenters. The van der Waals surface area contributed by atoms with Gasteiger partial charge >= 0.3 is 6.03 Å². The van der Waals surface area contributed by atoms with Gasteiger partial charge in [-0.25, -0.2) is 9.18 Å². The number of urea groups is 1. The van der Waals surface area contributed by atoms with Crippen molar-refractivity contribution in [2.75, 3.05) is 25.6 Å². The Labute approximate surface area is 109 Å². The summed E-state index contributed by atoms with van der Waals surface area (Å²) in [5.74, 6) is -0.505. The van der Waals surface area contributed by atoms with Gasteiger partial charge in [0.05, 0.1) is 23.4 Å². The minimum absolute atomic E-state index is 0.0204. The lowest BCUT2D eigenvalue weighted by atomic mass is 10.3. The first-order valence-electron chi connectivity index (χ1n) is 5.20. The molecule has 2 amide bonds. The molecule has 0 fully saturated rings. The van der Waals surface area contributed by atoms with Gasteiger partial charge in [-0.15, -0.1) is 0 Å². The van der Waals surface area contributed by atoms with Crippen LogP contribution in [-0.4, -0.2) is 37.5 Å². The van der Waals surface area contributed by atoms with Gasteiger partial charge in [0, 0.05) is 13.7 Å². The Hall–Kier alpha value is -1.37. The number of hydrogen-bond donors (Lipinski definition) is 3. The van der Waals surface area contributed by atoms with Gasteiger partial charge in [0.25, 0.3) is 0 Å². The van der Waals surface area contributed by atoms with Crippen molar-refractivity contribution in [2.24, 2.45) is 0 Å². The lowest BCUT2D eigenvalue weighted by Crippen LogP contribution is -2.37. The molecule has 0 heterocycles. The Bertz CT molecular complexity index is 417. The van der Waals surface area contributed by atoms with Crippen molar-refractivity contribution in [3.8, 4) is 0 Å². The highest BCUT2D eigenvalue weighted by Crippen LogP contribution is 2.22. The maximum absolute atomic E-state index is 12.9. The van der Waals surface area contributed by atoms with E-state index in [2.05, 4.69) is 10.6 Å². The number of anilines is 1. The van der Waals surface area contributed by atoms with Gasteiger partial charge in [0.1, 0.15) is 5.82 Å².